The minimum absolute atomic E-state index is 0.127. The minimum Gasteiger partial charge on any atom is -0.480 e. The van der Waals surface area contributed by atoms with Crippen LogP contribution in [0.25, 0.3) is 0 Å². The monoisotopic (exact) mass is 271 g/mol. The van der Waals surface area contributed by atoms with Gasteiger partial charge in [0.05, 0.1) is 11.7 Å². The molecular formula is C12H11F2NO4. The highest BCUT2D eigenvalue weighted by atomic mass is 19.2. The van der Waals surface area contributed by atoms with Gasteiger partial charge in [-0.15, -0.1) is 0 Å². The number of hydrogen-bond acceptors (Lipinski definition) is 3. The lowest BCUT2D eigenvalue weighted by molar-refractivity contribution is -0.141. The van der Waals surface area contributed by atoms with Crippen LogP contribution in [0.1, 0.15) is 16.8 Å². The van der Waals surface area contributed by atoms with Crippen LogP contribution in [0.2, 0.25) is 0 Å². The molecule has 102 valence electrons. The molecule has 0 spiro atoms. The number of carboxylic acid groups (broad SMARTS) is 1. The maximum absolute atomic E-state index is 13.5. The van der Waals surface area contributed by atoms with E-state index in [0.29, 0.717) is 0 Å². The van der Waals surface area contributed by atoms with Gasteiger partial charge in [0.25, 0.3) is 5.91 Å². The van der Waals surface area contributed by atoms with E-state index < -0.39 is 41.2 Å². The molecule has 7 heteroatoms. The van der Waals surface area contributed by atoms with E-state index in [2.05, 4.69) is 0 Å². The van der Waals surface area contributed by atoms with Gasteiger partial charge in [0.1, 0.15) is 6.04 Å². The average Bonchev–Trinajstić information content (AvgIpc) is 2.74. The van der Waals surface area contributed by atoms with Gasteiger partial charge in [-0.25, -0.2) is 13.6 Å². The van der Waals surface area contributed by atoms with Crippen LogP contribution in [0.3, 0.4) is 0 Å². The Hall–Kier alpha value is -2.02. The van der Waals surface area contributed by atoms with Crippen LogP contribution >= 0.6 is 0 Å². The van der Waals surface area contributed by atoms with Crippen molar-refractivity contribution < 1.29 is 28.6 Å². The Labute approximate surface area is 107 Å². The third-order valence-electron chi connectivity index (χ3n) is 3.01. The summed E-state index contributed by atoms with van der Waals surface area (Å²) >= 11 is 0. The molecule has 0 unspecified atom stereocenters. The highest BCUT2D eigenvalue weighted by molar-refractivity contribution is 5.97. The second-order valence-electron chi connectivity index (χ2n) is 4.30. The van der Waals surface area contributed by atoms with E-state index in [1.807, 2.05) is 0 Å². The predicted molar refractivity (Wildman–Crippen MR) is 59.4 cm³/mol. The van der Waals surface area contributed by atoms with Crippen molar-refractivity contribution in [3.8, 4) is 0 Å². The average molecular weight is 271 g/mol. The number of amides is 1. The molecule has 1 aliphatic heterocycles. The Kier molecular flexibility index (Phi) is 3.48. The fraction of sp³-hybridized carbons (Fsp3) is 0.333. The van der Waals surface area contributed by atoms with E-state index in [1.54, 1.807) is 0 Å². The Morgan fingerprint density at radius 2 is 2.00 bits per heavy atom. The molecule has 0 aliphatic carbocycles. The number of hydrogen-bond donors (Lipinski definition) is 2. The molecule has 2 rings (SSSR count). The highest BCUT2D eigenvalue weighted by Gasteiger charge is 2.40. The molecule has 5 nitrogen and oxygen atoms in total. The Bertz CT molecular complexity index is 534. The summed E-state index contributed by atoms with van der Waals surface area (Å²) in [5.74, 6) is -4.74. The summed E-state index contributed by atoms with van der Waals surface area (Å²) in [5, 5.41) is 18.4. The van der Waals surface area contributed by atoms with Gasteiger partial charge in [0.15, 0.2) is 11.6 Å². The Morgan fingerprint density at radius 3 is 2.63 bits per heavy atom. The number of halogens is 2. The van der Waals surface area contributed by atoms with E-state index >= 15 is 0 Å². The normalized spacial score (nSPS) is 22.6. The first-order chi connectivity index (χ1) is 8.91. The highest BCUT2D eigenvalue weighted by Crippen LogP contribution is 2.22. The van der Waals surface area contributed by atoms with Gasteiger partial charge < -0.3 is 15.1 Å². The fourth-order valence-corrected chi connectivity index (χ4v) is 2.10. The van der Waals surface area contributed by atoms with Gasteiger partial charge in [-0.1, -0.05) is 6.07 Å². The number of carbonyl (C=O) groups is 2. The maximum Gasteiger partial charge on any atom is 0.326 e. The molecule has 2 atom stereocenters. The van der Waals surface area contributed by atoms with Crippen molar-refractivity contribution in [2.75, 3.05) is 6.54 Å². The molecular weight excluding hydrogens is 260 g/mol. The number of benzene rings is 1. The molecule has 1 aromatic rings. The summed E-state index contributed by atoms with van der Waals surface area (Å²) in [6, 6.07) is 1.86. The minimum atomic E-state index is -1.32. The largest absolute Gasteiger partial charge is 0.480 e. The van der Waals surface area contributed by atoms with Crippen LogP contribution < -0.4 is 0 Å². The van der Waals surface area contributed by atoms with Gasteiger partial charge in [-0.3, -0.25) is 4.79 Å². The number of aliphatic hydroxyl groups excluding tert-OH is 1. The third-order valence-corrected chi connectivity index (χ3v) is 3.01. The van der Waals surface area contributed by atoms with Crippen molar-refractivity contribution in [2.45, 2.75) is 18.6 Å². The van der Waals surface area contributed by atoms with Crippen molar-refractivity contribution in [3.63, 3.8) is 0 Å². The number of carboxylic acids is 1. The van der Waals surface area contributed by atoms with E-state index in [0.717, 1.165) is 23.1 Å². The summed E-state index contributed by atoms with van der Waals surface area (Å²) in [5.41, 5.74) is -0.541. The third kappa shape index (κ3) is 2.41. The van der Waals surface area contributed by atoms with Gasteiger partial charge >= 0.3 is 5.97 Å². The van der Waals surface area contributed by atoms with Crippen molar-refractivity contribution in [1.82, 2.24) is 4.90 Å². The number of nitrogens with zero attached hydrogens (tertiary/aromatic N) is 1. The predicted octanol–water partition coefficient (Wildman–Crippen LogP) is 0.625. The Balaban J connectivity index is 2.33. The smallest absolute Gasteiger partial charge is 0.326 e. The first kappa shape index (κ1) is 13.4. The SMILES string of the molecule is O=C(O)[C@H]1C[C@@H](O)CN1C(=O)c1cccc(F)c1F. The molecule has 1 fully saturated rings. The van der Waals surface area contributed by atoms with Crippen LogP contribution in [0.5, 0.6) is 0 Å². The first-order valence-electron chi connectivity index (χ1n) is 5.57. The van der Waals surface area contributed by atoms with Crippen molar-refractivity contribution in [2.24, 2.45) is 0 Å². The summed E-state index contributed by atoms with van der Waals surface area (Å²) in [7, 11) is 0. The van der Waals surface area contributed by atoms with E-state index in [-0.39, 0.29) is 13.0 Å². The number of aliphatic carboxylic acids is 1. The number of aliphatic hydroxyl groups is 1. The Morgan fingerprint density at radius 1 is 1.32 bits per heavy atom. The fourth-order valence-electron chi connectivity index (χ4n) is 2.10. The van der Waals surface area contributed by atoms with E-state index in [9.17, 15) is 23.5 Å². The molecule has 2 N–H and O–H groups in total. The zero-order chi connectivity index (χ0) is 14.2. The standard InChI is InChI=1S/C12H11F2NO4/c13-8-3-1-2-7(10(8)14)11(17)15-5-6(16)4-9(15)12(18)19/h1-3,6,9,16H,4-5H2,(H,18,19)/t6-,9-/m1/s1. The lowest BCUT2D eigenvalue weighted by atomic mass is 10.1. The first-order valence-corrected chi connectivity index (χ1v) is 5.57. The second-order valence-corrected chi connectivity index (χ2v) is 4.30. The lowest BCUT2D eigenvalue weighted by Gasteiger charge is -2.21. The molecule has 1 saturated heterocycles. The van der Waals surface area contributed by atoms with Gasteiger partial charge in [0.2, 0.25) is 0 Å². The van der Waals surface area contributed by atoms with Crippen LogP contribution in [-0.2, 0) is 4.79 Å². The van der Waals surface area contributed by atoms with Crippen LogP contribution in [-0.4, -0.2) is 45.7 Å². The molecule has 1 aromatic carbocycles. The topological polar surface area (TPSA) is 77.8 Å². The maximum atomic E-state index is 13.5. The molecule has 1 aliphatic rings. The van der Waals surface area contributed by atoms with Crippen molar-refractivity contribution >= 4 is 11.9 Å². The van der Waals surface area contributed by atoms with Gasteiger partial charge in [-0.05, 0) is 12.1 Å². The van der Waals surface area contributed by atoms with Crippen molar-refractivity contribution in [1.29, 1.82) is 0 Å². The quantitative estimate of drug-likeness (QED) is 0.826. The molecule has 1 amide bonds. The molecule has 1 heterocycles. The van der Waals surface area contributed by atoms with E-state index in [1.165, 1.54) is 0 Å². The molecule has 0 aromatic heterocycles. The van der Waals surface area contributed by atoms with Gasteiger partial charge in [0, 0.05) is 13.0 Å². The summed E-state index contributed by atoms with van der Waals surface area (Å²) in [4.78, 5) is 23.8. The zero-order valence-electron chi connectivity index (χ0n) is 9.72. The number of carbonyl (C=O) groups excluding carboxylic acids is 1. The molecule has 0 saturated carbocycles. The van der Waals surface area contributed by atoms with Crippen molar-refractivity contribution in [3.05, 3.63) is 35.4 Å². The second kappa shape index (κ2) is 4.93. The van der Waals surface area contributed by atoms with Gasteiger partial charge in [-0.2, -0.15) is 0 Å². The lowest BCUT2D eigenvalue weighted by Crippen LogP contribution is -2.41. The van der Waals surface area contributed by atoms with Crippen LogP contribution in [0.4, 0.5) is 8.78 Å². The summed E-state index contributed by atoms with van der Waals surface area (Å²) in [6.07, 6.45) is -1.11. The molecule has 0 bridgehead atoms. The summed E-state index contributed by atoms with van der Waals surface area (Å²) < 4.78 is 26.5. The van der Waals surface area contributed by atoms with Crippen LogP contribution in [0, 0.1) is 11.6 Å². The molecule has 19 heavy (non-hydrogen) atoms. The van der Waals surface area contributed by atoms with Crippen LogP contribution in [0.15, 0.2) is 18.2 Å². The zero-order valence-corrected chi connectivity index (χ0v) is 9.72. The number of rotatable bonds is 2. The number of β-amino-alcohol motifs (C(OH)–C–C–N with tert-alkyl or cyclic N) is 1. The van der Waals surface area contributed by atoms with E-state index in [4.69, 9.17) is 5.11 Å². The summed E-state index contributed by atoms with van der Waals surface area (Å²) in [6.45, 7) is -0.217. The molecule has 0 radical (unpaired) electrons. The number of likely N-dealkylation sites (tertiary alicyclic amines) is 1.